The van der Waals surface area contributed by atoms with E-state index in [2.05, 4.69) is 45.9 Å². The predicted octanol–water partition coefficient (Wildman–Crippen LogP) is 4.91. The van der Waals surface area contributed by atoms with Crippen molar-refractivity contribution < 1.29 is 9.31 Å². The van der Waals surface area contributed by atoms with Gasteiger partial charge in [-0.15, -0.1) is 0 Å². The van der Waals surface area contributed by atoms with Crippen molar-refractivity contribution in [2.45, 2.75) is 95.7 Å². The number of hydrogen-bond acceptors (Lipinski definition) is 2. The van der Waals surface area contributed by atoms with Gasteiger partial charge in [-0.25, -0.2) is 0 Å². The summed E-state index contributed by atoms with van der Waals surface area (Å²) < 4.78 is 12.7. The zero-order chi connectivity index (χ0) is 16.9. The number of rotatable bonds is 3. The van der Waals surface area contributed by atoms with Crippen molar-refractivity contribution in [3.05, 3.63) is 29.3 Å². The van der Waals surface area contributed by atoms with Crippen LogP contribution in [-0.2, 0) is 9.31 Å². The van der Waals surface area contributed by atoms with Crippen LogP contribution >= 0.6 is 0 Å². The molecular weight excluding hydrogens is 295 g/mol. The third-order valence-corrected chi connectivity index (χ3v) is 6.65. The van der Waals surface area contributed by atoms with E-state index in [1.165, 1.54) is 61.5 Å². The van der Waals surface area contributed by atoms with Gasteiger partial charge in [-0.05, 0) is 81.8 Å². The number of hydrogen-bond donors (Lipinski definition) is 0. The van der Waals surface area contributed by atoms with E-state index in [-0.39, 0.29) is 18.3 Å². The molecule has 0 aromatic heterocycles. The summed E-state index contributed by atoms with van der Waals surface area (Å²) in [6.07, 6.45) is 9.54. The monoisotopic (exact) mass is 326 g/mol. The van der Waals surface area contributed by atoms with Crippen LogP contribution in [0.2, 0.25) is 0 Å². The van der Waals surface area contributed by atoms with E-state index in [1.807, 2.05) is 0 Å². The van der Waals surface area contributed by atoms with Gasteiger partial charge in [-0.1, -0.05) is 37.5 Å². The Bertz CT molecular complexity index is 596. The molecule has 0 atom stereocenters. The molecule has 0 radical (unpaired) electrons. The molecule has 2 saturated carbocycles. The molecule has 0 unspecified atom stereocenters. The van der Waals surface area contributed by atoms with Gasteiger partial charge in [0.2, 0.25) is 0 Å². The first-order valence-electron chi connectivity index (χ1n) is 9.86. The second kappa shape index (κ2) is 5.88. The maximum atomic E-state index is 6.33. The molecule has 1 aliphatic heterocycles. The molecule has 0 amide bonds. The topological polar surface area (TPSA) is 18.5 Å². The van der Waals surface area contributed by atoms with E-state index in [9.17, 15) is 0 Å². The summed E-state index contributed by atoms with van der Waals surface area (Å²) in [6.45, 7) is 8.55. The molecule has 2 aliphatic carbocycles. The Balaban J connectivity index is 1.66. The maximum absolute atomic E-state index is 6.33. The van der Waals surface area contributed by atoms with Gasteiger partial charge in [0.25, 0.3) is 0 Å². The van der Waals surface area contributed by atoms with E-state index in [0.717, 1.165) is 11.8 Å². The van der Waals surface area contributed by atoms with Gasteiger partial charge >= 0.3 is 7.12 Å². The number of benzene rings is 1. The van der Waals surface area contributed by atoms with Crippen molar-refractivity contribution in [3.8, 4) is 0 Å². The molecule has 1 heterocycles. The largest absolute Gasteiger partial charge is 0.494 e. The molecule has 3 fully saturated rings. The van der Waals surface area contributed by atoms with Gasteiger partial charge in [0.1, 0.15) is 0 Å². The van der Waals surface area contributed by atoms with Crippen LogP contribution in [0.25, 0.3) is 0 Å². The second-order valence-corrected chi connectivity index (χ2v) is 9.13. The van der Waals surface area contributed by atoms with Crippen LogP contribution in [0.4, 0.5) is 0 Å². The molecular formula is C21H31BO2. The molecule has 1 saturated heterocycles. The summed E-state index contributed by atoms with van der Waals surface area (Å²) in [6, 6.07) is 7.22. The lowest BCUT2D eigenvalue weighted by molar-refractivity contribution is 0.00578. The molecule has 24 heavy (non-hydrogen) atoms. The quantitative estimate of drug-likeness (QED) is 0.735. The van der Waals surface area contributed by atoms with Crippen LogP contribution in [0.5, 0.6) is 0 Å². The lowest BCUT2D eigenvalue weighted by atomic mass is 9.74. The van der Waals surface area contributed by atoms with E-state index < -0.39 is 0 Å². The van der Waals surface area contributed by atoms with Crippen LogP contribution in [0.1, 0.15) is 95.6 Å². The summed E-state index contributed by atoms with van der Waals surface area (Å²) in [5.74, 6) is 1.51. The van der Waals surface area contributed by atoms with Crippen molar-refractivity contribution in [1.82, 2.24) is 0 Å². The van der Waals surface area contributed by atoms with Crippen molar-refractivity contribution in [2.24, 2.45) is 0 Å². The molecule has 1 aromatic rings. The SMILES string of the molecule is CC1(C)OB(c2cc(C3CCCCC3)cc(C3CC3)c2)OC1(C)C. The van der Waals surface area contributed by atoms with Crippen molar-refractivity contribution in [1.29, 1.82) is 0 Å². The van der Waals surface area contributed by atoms with Crippen LogP contribution in [-0.4, -0.2) is 18.3 Å². The summed E-state index contributed by atoms with van der Waals surface area (Å²) >= 11 is 0. The van der Waals surface area contributed by atoms with Gasteiger partial charge < -0.3 is 9.31 Å². The molecule has 0 bridgehead atoms. The van der Waals surface area contributed by atoms with E-state index in [4.69, 9.17) is 9.31 Å². The van der Waals surface area contributed by atoms with E-state index in [1.54, 1.807) is 0 Å². The fourth-order valence-electron chi connectivity index (χ4n) is 4.14. The van der Waals surface area contributed by atoms with Crippen LogP contribution in [0, 0.1) is 0 Å². The summed E-state index contributed by atoms with van der Waals surface area (Å²) in [5, 5.41) is 0. The smallest absolute Gasteiger partial charge is 0.399 e. The Labute approximate surface area is 147 Å². The third kappa shape index (κ3) is 3.06. The standard InChI is InChI=1S/C21H31BO2/c1-20(2)21(3,4)24-22(23-20)19-13-17(15-8-6-5-7-9-15)12-18(14-19)16-10-11-16/h12-16H,5-11H2,1-4H3. The minimum absolute atomic E-state index is 0.226. The van der Waals surface area contributed by atoms with Crippen molar-refractivity contribution in [2.75, 3.05) is 0 Å². The minimum Gasteiger partial charge on any atom is -0.399 e. The summed E-state index contributed by atoms with van der Waals surface area (Å²) in [5.41, 5.74) is 3.75. The normalized spacial score (nSPS) is 26.8. The molecule has 0 N–H and O–H groups in total. The Hall–Kier alpha value is -0.795. The molecule has 3 heteroatoms. The maximum Gasteiger partial charge on any atom is 0.494 e. The Morgan fingerprint density at radius 1 is 0.750 bits per heavy atom. The van der Waals surface area contributed by atoms with Crippen LogP contribution in [0.3, 0.4) is 0 Å². The van der Waals surface area contributed by atoms with Gasteiger partial charge in [-0.3, -0.25) is 0 Å². The average Bonchev–Trinajstić information content (AvgIpc) is 3.36. The van der Waals surface area contributed by atoms with Crippen molar-refractivity contribution in [3.63, 3.8) is 0 Å². The Morgan fingerprint density at radius 2 is 1.25 bits per heavy atom. The summed E-state index contributed by atoms with van der Waals surface area (Å²) in [4.78, 5) is 0. The highest BCUT2D eigenvalue weighted by atomic mass is 16.7. The fraction of sp³-hybridized carbons (Fsp3) is 0.714. The van der Waals surface area contributed by atoms with Crippen molar-refractivity contribution >= 4 is 12.6 Å². The first kappa shape index (κ1) is 16.7. The van der Waals surface area contributed by atoms with Crippen LogP contribution < -0.4 is 5.46 Å². The average molecular weight is 326 g/mol. The molecule has 0 spiro atoms. The molecule has 2 nitrogen and oxygen atoms in total. The third-order valence-electron chi connectivity index (χ3n) is 6.65. The molecule has 130 valence electrons. The lowest BCUT2D eigenvalue weighted by Crippen LogP contribution is -2.41. The highest BCUT2D eigenvalue weighted by molar-refractivity contribution is 6.62. The zero-order valence-corrected chi connectivity index (χ0v) is 15.7. The highest BCUT2D eigenvalue weighted by Gasteiger charge is 2.52. The Kier molecular flexibility index (Phi) is 4.08. The molecule has 1 aromatic carbocycles. The van der Waals surface area contributed by atoms with Gasteiger partial charge in [0.15, 0.2) is 0 Å². The minimum atomic E-state index is -0.266. The lowest BCUT2D eigenvalue weighted by Gasteiger charge is -2.32. The first-order chi connectivity index (χ1) is 11.4. The molecule has 3 aliphatic rings. The van der Waals surface area contributed by atoms with E-state index in [0.29, 0.717) is 0 Å². The Morgan fingerprint density at radius 3 is 1.75 bits per heavy atom. The second-order valence-electron chi connectivity index (χ2n) is 9.13. The van der Waals surface area contributed by atoms with Crippen LogP contribution in [0.15, 0.2) is 18.2 Å². The molecule has 4 rings (SSSR count). The van der Waals surface area contributed by atoms with Gasteiger partial charge in [0, 0.05) is 0 Å². The zero-order valence-electron chi connectivity index (χ0n) is 15.7. The predicted molar refractivity (Wildman–Crippen MR) is 100.0 cm³/mol. The van der Waals surface area contributed by atoms with Gasteiger partial charge in [-0.2, -0.15) is 0 Å². The fourth-order valence-corrected chi connectivity index (χ4v) is 4.14. The first-order valence-corrected chi connectivity index (χ1v) is 9.86. The van der Waals surface area contributed by atoms with Gasteiger partial charge in [0.05, 0.1) is 11.2 Å². The highest BCUT2D eigenvalue weighted by Crippen LogP contribution is 2.42. The van der Waals surface area contributed by atoms with E-state index >= 15 is 0 Å². The summed E-state index contributed by atoms with van der Waals surface area (Å²) in [7, 11) is -0.226.